The number of nitrogens with one attached hydrogen (secondary N) is 1. The smallest absolute Gasteiger partial charge is 0.354 e. The zero-order valence-corrected chi connectivity index (χ0v) is 14.8. The topological polar surface area (TPSA) is 46.9 Å². The minimum Gasteiger partial charge on any atom is -0.354 e. The Labute approximate surface area is 161 Å². The van der Waals surface area contributed by atoms with Gasteiger partial charge in [-0.05, 0) is 36.2 Å². The maximum absolute atomic E-state index is 13.2. The molecular weight excluding hydrogens is 400 g/mol. The van der Waals surface area contributed by atoms with Crippen molar-refractivity contribution in [3.63, 3.8) is 0 Å². The summed E-state index contributed by atoms with van der Waals surface area (Å²) in [7, 11) is 0. The zero-order chi connectivity index (χ0) is 21.2. The third-order valence-corrected chi connectivity index (χ3v) is 4.23. The normalized spacial score (nSPS) is 12.3. The van der Waals surface area contributed by atoms with E-state index in [2.05, 4.69) is 10.3 Å². The van der Waals surface area contributed by atoms with Gasteiger partial charge in [-0.25, -0.2) is 4.98 Å². The second-order valence-corrected chi connectivity index (χ2v) is 6.30. The number of imidazole rings is 1. The van der Waals surface area contributed by atoms with Gasteiger partial charge in [-0.1, -0.05) is 24.3 Å². The Balaban J connectivity index is 1.64. The lowest BCUT2D eigenvalue weighted by molar-refractivity contribution is -0.147. The maximum atomic E-state index is 13.2. The van der Waals surface area contributed by atoms with E-state index in [-0.39, 0.29) is 24.0 Å². The third kappa shape index (κ3) is 4.87. The van der Waals surface area contributed by atoms with E-state index in [1.807, 2.05) is 0 Å². The van der Waals surface area contributed by atoms with Crippen LogP contribution in [0.25, 0.3) is 11.0 Å². The number of benzene rings is 2. The second kappa shape index (κ2) is 7.76. The van der Waals surface area contributed by atoms with E-state index in [9.17, 15) is 31.1 Å². The molecule has 2 aromatic carbocycles. The van der Waals surface area contributed by atoms with Crippen LogP contribution in [0.1, 0.15) is 17.0 Å². The van der Waals surface area contributed by atoms with Crippen LogP contribution in [0.2, 0.25) is 0 Å². The van der Waals surface area contributed by atoms with Crippen molar-refractivity contribution < 1.29 is 31.1 Å². The van der Waals surface area contributed by atoms with E-state index < -0.39 is 36.2 Å². The lowest BCUT2D eigenvalue weighted by Gasteiger charge is -2.12. The van der Waals surface area contributed by atoms with Gasteiger partial charge >= 0.3 is 12.4 Å². The van der Waals surface area contributed by atoms with Crippen molar-refractivity contribution in [2.75, 3.05) is 6.54 Å². The molecule has 1 heterocycles. The molecule has 10 heteroatoms. The summed E-state index contributed by atoms with van der Waals surface area (Å²) in [6, 6.07) is 10.4. The summed E-state index contributed by atoms with van der Waals surface area (Å²) in [6.07, 6.45) is -8.92. The highest BCUT2D eigenvalue weighted by Gasteiger charge is 2.38. The molecule has 0 fully saturated rings. The molecule has 4 nitrogen and oxygen atoms in total. The number of hydrogen-bond donors (Lipinski definition) is 1. The summed E-state index contributed by atoms with van der Waals surface area (Å²) in [4.78, 5) is 15.7. The molecule has 29 heavy (non-hydrogen) atoms. The first-order valence-corrected chi connectivity index (χ1v) is 8.51. The summed E-state index contributed by atoms with van der Waals surface area (Å²) in [5.74, 6) is -1.83. The molecule has 3 aromatic rings. The van der Waals surface area contributed by atoms with Crippen LogP contribution in [0.5, 0.6) is 0 Å². The van der Waals surface area contributed by atoms with E-state index in [4.69, 9.17) is 0 Å². The van der Waals surface area contributed by atoms with Crippen molar-refractivity contribution >= 4 is 16.9 Å². The molecule has 0 aliphatic heterocycles. The largest absolute Gasteiger partial charge is 0.449 e. The van der Waals surface area contributed by atoms with Crippen LogP contribution in [-0.2, 0) is 30.1 Å². The molecular formula is C19H15F6N3O. The number of carbonyl (C=O) groups is 1. The Bertz CT molecular complexity index is 1010. The molecule has 0 unspecified atom stereocenters. The minimum atomic E-state index is -4.72. The summed E-state index contributed by atoms with van der Waals surface area (Å²) in [5, 5.41) is 2.48. The Kier molecular flexibility index (Phi) is 5.54. The first-order valence-electron chi connectivity index (χ1n) is 8.51. The van der Waals surface area contributed by atoms with Crippen LogP contribution >= 0.6 is 0 Å². The maximum Gasteiger partial charge on any atom is 0.449 e. The lowest BCUT2D eigenvalue weighted by Crippen LogP contribution is -2.31. The molecule has 0 bridgehead atoms. The number of amides is 1. The van der Waals surface area contributed by atoms with E-state index in [1.54, 1.807) is 12.1 Å². The van der Waals surface area contributed by atoms with Crippen molar-refractivity contribution in [1.29, 1.82) is 0 Å². The highest BCUT2D eigenvalue weighted by molar-refractivity contribution is 5.81. The Hall–Kier alpha value is -3.04. The number of para-hydroxylation sites is 2. The standard InChI is InChI=1S/C19H15F6N3O/c20-18(21,22)13-7-5-12(6-8-13)9-10-26-16(29)11-28-15-4-2-1-3-14(15)27-17(28)19(23,24)25/h1-8H,9-11H2,(H,26,29). The second-order valence-electron chi connectivity index (χ2n) is 6.30. The van der Waals surface area contributed by atoms with Crippen molar-refractivity contribution in [3.05, 3.63) is 65.5 Å². The van der Waals surface area contributed by atoms with Gasteiger partial charge in [0, 0.05) is 6.54 Å². The third-order valence-electron chi connectivity index (χ3n) is 4.23. The fourth-order valence-electron chi connectivity index (χ4n) is 2.86. The monoisotopic (exact) mass is 415 g/mol. The fraction of sp³-hybridized carbons (Fsp3) is 0.263. The molecule has 154 valence electrons. The fourth-order valence-corrected chi connectivity index (χ4v) is 2.86. The molecule has 0 spiro atoms. The van der Waals surface area contributed by atoms with E-state index >= 15 is 0 Å². The van der Waals surface area contributed by atoms with Gasteiger partial charge in [0.1, 0.15) is 6.54 Å². The molecule has 0 aliphatic rings. The van der Waals surface area contributed by atoms with Gasteiger partial charge in [0.25, 0.3) is 0 Å². The molecule has 3 rings (SSSR count). The minimum absolute atomic E-state index is 0.0676. The molecule has 0 atom stereocenters. The lowest BCUT2D eigenvalue weighted by atomic mass is 10.1. The van der Waals surface area contributed by atoms with E-state index in [0.717, 1.165) is 16.7 Å². The first kappa shape index (κ1) is 20.7. The summed E-state index contributed by atoms with van der Waals surface area (Å²) in [5.41, 5.74) is 0.0782. The van der Waals surface area contributed by atoms with Crippen molar-refractivity contribution in [2.24, 2.45) is 0 Å². The molecule has 1 amide bonds. The van der Waals surface area contributed by atoms with E-state index in [1.165, 1.54) is 24.3 Å². The van der Waals surface area contributed by atoms with Gasteiger partial charge in [-0.3, -0.25) is 4.79 Å². The quantitative estimate of drug-likeness (QED) is 0.627. The molecule has 0 saturated carbocycles. The number of carbonyl (C=O) groups excluding carboxylic acids is 1. The summed E-state index contributed by atoms with van der Waals surface area (Å²) in [6.45, 7) is -0.513. The van der Waals surface area contributed by atoms with Crippen LogP contribution in [0, 0.1) is 0 Å². The van der Waals surface area contributed by atoms with Crippen LogP contribution in [0.15, 0.2) is 48.5 Å². The predicted molar refractivity (Wildman–Crippen MR) is 92.9 cm³/mol. The van der Waals surface area contributed by atoms with Crippen molar-refractivity contribution in [2.45, 2.75) is 25.3 Å². The van der Waals surface area contributed by atoms with Gasteiger partial charge < -0.3 is 9.88 Å². The van der Waals surface area contributed by atoms with Crippen LogP contribution in [0.4, 0.5) is 26.3 Å². The predicted octanol–water partition coefficient (Wildman–Crippen LogP) is 4.43. The van der Waals surface area contributed by atoms with Gasteiger partial charge in [0.05, 0.1) is 16.6 Å². The molecule has 0 aliphatic carbocycles. The Morgan fingerprint density at radius 1 is 0.931 bits per heavy atom. The number of hydrogen-bond acceptors (Lipinski definition) is 2. The highest BCUT2D eigenvalue weighted by Crippen LogP contribution is 2.31. The van der Waals surface area contributed by atoms with Crippen LogP contribution < -0.4 is 5.32 Å². The number of fused-ring (bicyclic) bond motifs is 1. The van der Waals surface area contributed by atoms with E-state index in [0.29, 0.717) is 5.56 Å². The summed E-state index contributed by atoms with van der Waals surface area (Å²) < 4.78 is 78.1. The van der Waals surface area contributed by atoms with Gasteiger partial charge in [-0.15, -0.1) is 0 Å². The zero-order valence-electron chi connectivity index (χ0n) is 14.8. The number of alkyl halides is 6. The molecule has 0 radical (unpaired) electrons. The molecule has 1 aromatic heterocycles. The number of aromatic nitrogens is 2. The van der Waals surface area contributed by atoms with Crippen molar-refractivity contribution in [3.8, 4) is 0 Å². The summed E-state index contributed by atoms with van der Waals surface area (Å²) >= 11 is 0. The number of halogens is 6. The average molecular weight is 415 g/mol. The average Bonchev–Trinajstić information content (AvgIpc) is 3.00. The van der Waals surface area contributed by atoms with Gasteiger partial charge in [-0.2, -0.15) is 26.3 Å². The number of rotatable bonds is 5. The SMILES string of the molecule is O=C(Cn1c(C(F)(F)F)nc2ccccc21)NCCc1ccc(C(F)(F)F)cc1. The van der Waals surface area contributed by atoms with Crippen molar-refractivity contribution in [1.82, 2.24) is 14.9 Å². The van der Waals surface area contributed by atoms with Crippen LogP contribution in [0.3, 0.4) is 0 Å². The number of nitrogens with zero attached hydrogens (tertiary/aromatic N) is 2. The van der Waals surface area contributed by atoms with Crippen LogP contribution in [-0.4, -0.2) is 22.0 Å². The Morgan fingerprint density at radius 2 is 1.59 bits per heavy atom. The van der Waals surface area contributed by atoms with Gasteiger partial charge in [0.2, 0.25) is 11.7 Å². The van der Waals surface area contributed by atoms with Gasteiger partial charge in [0.15, 0.2) is 0 Å². The first-order chi connectivity index (χ1) is 13.6. The molecule has 1 N–H and O–H groups in total. The Morgan fingerprint density at radius 3 is 2.21 bits per heavy atom. The molecule has 0 saturated heterocycles. The highest BCUT2D eigenvalue weighted by atomic mass is 19.4.